The highest BCUT2D eigenvalue weighted by Gasteiger charge is 2.36. The molecule has 1 N–H and O–H groups in total. The number of non-ortho nitro benzene ring substituents is 1. The Hall–Kier alpha value is -3.14. The van der Waals surface area contributed by atoms with E-state index in [1.165, 1.54) is 24.3 Å². The molecule has 0 aromatic heterocycles. The number of fused-ring (bicyclic) bond motifs is 1. The van der Waals surface area contributed by atoms with Crippen LogP contribution in [-0.2, 0) is 20.2 Å². The van der Waals surface area contributed by atoms with Crippen LogP contribution in [0, 0.1) is 10.1 Å². The van der Waals surface area contributed by atoms with Crippen molar-refractivity contribution >= 4 is 33.0 Å². The summed E-state index contributed by atoms with van der Waals surface area (Å²) in [7, 11) is -3.67. The highest BCUT2D eigenvalue weighted by molar-refractivity contribution is 7.92. The molecule has 0 bridgehead atoms. The Morgan fingerprint density at radius 3 is 2.53 bits per heavy atom. The predicted molar refractivity (Wildman–Crippen MR) is 113 cm³/mol. The Labute approximate surface area is 174 Å². The van der Waals surface area contributed by atoms with Crippen molar-refractivity contribution < 1.29 is 22.9 Å². The number of amides is 1. The molecule has 1 atom stereocenters. The van der Waals surface area contributed by atoms with Crippen LogP contribution in [0.3, 0.4) is 0 Å². The van der Waals surface area contributed by atoms with Gasteiger partial charge >= 0.3 is 0 Å². The minimum absolute atomic E-state index is 0.171. The number of ether oxygens (including phenoxy) is 1. The highest BCUT2D eigenvalue weighted by Crippen LogP contribution is 2.38. The van der Waals surface area contributed by atoms with E-state index in [9.17, 15) is 23.3 Å². The maximum absolute atomic E-state index is 12.7. The number of nitro groups is 1. The predicted octanol–water partition coefficient (Wildman–Crippen LogP) is 3.06. The van der Waals surface area contributed by atoms with Crippen molar-refractivity contribution in [2.75, 3.05) is 22.4 Å². The number of anilines is 2. The van der Waals surface area contributed by atoms with Gasteiger partial charge in [0.2, 0.25) is 10.0 Å². The highest BCUT2D eigenvalue weighted by atomic mass is 32.2. The first-order valence-corrected chi connectivity index (χ1v) is 11.1. The number of rotatable bonds is 4. The summed E-state index contributed by atoms with van der Waals surface area (Å²) in [5, 5.41) is 13.5. The molecular formula is C20H23N3O6S. The molecule has 3 rings (SSSR count). The number of nitro benzene ring substituents is 1. The van der Waals surface area contributed by atoms with Crippen molar-refractivity contribution in [1.82, 2.24) is 0 Å². The number of benzene rings is 2. The minimum Gasteiger partial charge on any atom is -0.476 e. The van der Waals surface area contributed by atoms with Crippen LogP contribution in [0.25, 0.3) is 0 Å². The Bertz CT molecular complexity index is 1110. The molecule has 2 aromatic rings. The van der Waals surface area contributed by atoms with Crippen LogP contribution >= 0.6 is 0 Å². The second-order valence-electron chi connectivity index (χ2n) is 8.13. The standard InChI is InChI=1S/C20H23N3O6S/c1-20(2,3)13-8-9-17-16(10-13)22(30(4,27)28)12-18(29-17)19(24)21-14-6-5-7-15(11-14)23(25)26/h5-11,18H,12H2,1-4H3,(H,21,24). The second-order valence-corrected chi connectivity index (χ2v) is 10.0. The molecule has 0 fully saturated rings. The summed E-state index contributed by atoms with van der Waals surface area (Å²) in [5.41, 5.74) is 1.16. The number of carbonyl (C=O) groups excluding carboxylic acids is 1. The van der Waals surface area contributed by atoms with Gasteiger partial charge in [-0.3, -0.25) is 19.2 Å². The summed E-state index contributed by atoms with van der Waals surface area (Å²) >= 11 is 0. The van der Waals surface area contributed by atoms with Gasteiger partial charge in [-0.05, 0) is 29.2 Å². The summed E-state index contributed by atoms with van der Waals surface area (Å²) < 4.78 is 31.8. The second kappa shape index (κ2) is 7.60. The molecule has 1 aliphatic rings. The van der Waals surface area contributed by atoms with Gasteiger partial charge in [0.15, 0.2) is 6.10 Å². The first-order valence-electron chi connectivity index (χ1n) is 9.20. The van der Waals surface area contributed by atoms with Gasteiger partial charge in [0, 0.05) is 17.8 Å². The van der Waals surface area contributed by atoms with Crippen LogP contribution in [0.2, 0.25) is 0 Å². The van der Waals surface area contributed by atoms with Crippen molar-refractivity contribution in [2.24, 2.45) is 0 Å². The van der Waals surface area contributed by atoms with E-state index in [-0.39, 0.29) is 29.1 Å². The maximum Gasteiger partial charge on any atom is 0.271 e. The molecule has 1 heterocycles. The van der Waals surface area contributed by atoms with Gasteiger partial charge in [0.1, 0.15) is 5.75 Å². The molecule has 0 spiro atoms. The van der Waals surface area contributed by atoms with E-state index in [0.717, 1.165) is 16.1 Å². The molecule has 1 amide bonds. The summed E-state index contributed by atoms with van der Waals surface area (Å²) in [6.45, 7) is 5.83. The number of nitrogens with zero attached hydrogens (tertiary/aromatic N) is 2. The zero-order valence-electron chi connectivity index (χ0n) is 17.1. The largest absolute Gasteiger partial charge is 0.476 e. The van der Waals surface area contributed by atoms with Gasteiger partial charge in [0.25, 0.3) is 11.6 Å². The van der Waals surface area contributed by atoms with Crippen molar-refractivity contribution in [3.63, 3.8) is 0 Å². The average molecular weight is 433 g/mol. The van der Waals surface area contributed by atoms with Crippen molar-refractivity contribution in [3.05, 3.63) is 58.1 Å². The van der Waals surface area contributed by atoms with Crippen LogP contribution in [-0.4, -0.2) is 38.2 Å². The number of hydrogen-bond acceptors (Lipinski definition) is 6. The van der Waals surface area contributed by atoms with E-state index in [2.05, 4.69) is 5.32 Å². The smallest absolute Gasteiger partial charge is 0.271 e. The van der Waals surface area contributed by atoms with Gasteiger partial charge in [0.05, 0.1) is 23.4 Å². The molecule has 30 heavy (non-hydrogen) atoms. The van der Waals surface area contributed by atoms with Gasteiger partial charge < -0.3 is 10.1 Å². The lowest BCUT2D eigenvalue weighted by Crippen LogP contribution is -2.48. The van der Waals surface area contributed by atoms with Gasteiger partial charge in [-0.2, -0.15) is 0 Å². The Balaban J connectivity index is 1.91. The lowest BCUT2D eigenvalue weighted by molar-refractivity contribution is -0.384. The van der Waals surface area contributed by atoms with Crippen LogP contribution in [0.15, 0.2) is 42.5 Å². The monoisotopic (exact) mass is 433 g/mol. The topological polar surface area (TPSA) is 119 Å². The van der Waals surface area contributed by atoms with Crippen molar-refractivity contribution in [3.8, 4) is 5.75 Å². The maximum atomic E-state index is 12.7. The van der Waals surface area contributed by atoms with Crippen LogP contribution < -0.4 is 14.4 Å². The lowest BCUT2D eigenvalue weighted by Gasteiger charge is -2.35. The van der Waals surface area contributed by atoms with E-state index in [0.29, 0.717) is 5.69 Å². The molecule has 10 heteroatoms. The van der Waals surface area contributed by atoms with Crippen LogP contribution in [0.5, 0.6) is 5.75 Å². The molecule has 1 aliphatic heterocycles. The van der Waals surface area contributed by atoms with Crippen molar-refractivity contribution in [2.45, 2.75) is 32.3 Å². The molecule has 2 aromatic carbocycles. The van der Waals surface area contributed by atoms with Crippen LogP contribution in [0.1, 0.15) is 26.3 Å². The molecule has 0 saturated carbocycles. The Morgan fingerprint density at radius 2 is 1.93 bits per heavy atom. The molecule has 1 unspecified atom stereocenters. The fourth-order valence-electron chi connectivity index (χ4n) is 3.09. The van der Waals surface area contributed by atoms with Gasteiger partial charge in [-0.25, -0.2) is 8.42 Å². The third-order valence-corrected chi connectivity index (χ3v) is 5.86. The Kier molecular flexibility index (Phi) is 5.46. The third kappa shape index (κ3) is 4.54. The zero-order chi connectivity index (χ0) is 22.3. The first-order chi connectivity index (χ1) is 13.9. The Morgan fingerprint density at radius 1 is 1.23 bits per heavy atom. The van der Waals surface area contributed by atoms with E-state index in [4.69, 9.17) is 4.74 Å². The lowest BCUT2D eigenvalue weighted by atomic mass is 9.86. The van der Waals surface area contributed by atoms with E-state index in [1.54, 1.807) is 12.1 Å². The minimum atomic E-state index is -3.67. The number of hydrogen-bond donors (Lipinski definition) is 1. The molecule has 0 saturated heterocycles. The number of carbonyl (C=O) groups is 1. The fraction of sp³-hybridized carbons (Fsp3) is 0.350. The first kappa shape index (κ1) is 21.6. The van der Waals surface area contributed by atoms with E-state index in [1.807, 2.05) is 26.8 Å². The molecule has 0 aliphatic carbocycles. The fourth-order valence-corrected chi connectivity index (χ4v) is 3.99. The van der Waals surface area contributed by atoms with E-state index < -0.39 is 27.0 Å². The van der Waals surface area contributed by atoms with Gasteiger partial charge in [-0.15, -0.1) is 0 Å². The third-order valence-electron chi connectivity index (χ3n) is 4.71. The normalized spacial score (nSPS) is 16.4. The number of sulfonamides is 1. The molecule has 0 radical (unpaired) electrons. The van der Waals surface area contributed by atoms with E-state index >= 15 is 0 Å². The van der Waals surface area contributed by atoms with Crippen molar-refractivity contribution in [1.29, 1.82) is 0 Å². The molecular weight excluding hydrogens is 410 g/mol. The summed E-state index contributed by atoms with van der Waals surface area (Å²) in [6.07, 6.45) is -0.0477. The quantitative estimate of drug-likeness (QED) is 0.585. The summed E-state index contributed by atoms with van der Waals surface area (Å²) in [4.78, 5) is 23.1. The molecule has 160 valence electrons. The average Bonchev–Trinajstić information content (AvgIpc) is 2.65. The number of nitrogens with one attached hydrogen (secondary N) is 1. The summed E-state index contributed by atoms with van der Waals surface area (Å²) in [6, 6.07) is 10.7. The summed E-state index contributed by atoms with van der Waals surface area (Å²) in [5.74, 6) is -0.325. The molecule has 9 nitrogen and oxygen atoms in total. The SMILES string of the molecule is CC(C)(C)c1ccc2c(c1)N(S(C)(=O)=O)CC(C(=O)Nc1cccc([N+](=O)[O-])c1)O2. The zero-order valence-corrected chi connectivity index (χ0v) is 17.9. The van der Waals surface area contributed by atoms with Crippen LogP contribution in [0.4, 0.5) is 17.1 Å². The van der Waals surface area contributed by atoms with Gasteiger partial charge in [-0.1, -0.05) is 32.9 Å².